The first-order valence-corrected chi connectivity index (χ1v) is 6.61. The molecular weight excluding hydrogens is 262 g/mol. The molecule has 3 aromatic rings. The third kappa shape index (κ3) is 2.65. The van der Waals surface area contributed by atoms with Gasteiger partial charge >= 0.3 is 0 Å². The second kappa shape index (κ2) is 5.17. The third-order valence-electron chi connectivity index (χ3n) is 3.33. The fraction of sp³-hybridized carbons (Fsp3) is 0.125. The minimum Gasteiger partial charge on any atom is -0.399 e. The predicted octanol–water partition coefficient (Wildman–Crippen LogP) is 2.65. The van der Waals surface area contributed by atoms with Crippen molar-refractivity contribution in [2.75, 3.05) is 17.7 Å². The number of nitrogen functional groups attached to an aromatic ring is 1. The number of nitrogens with one attached hydrogen (secondary N) is 1. The normalized spacial score (nSPS) is 10.5. The number of benzene rings is 2. The lowest BCUT2D eigenvalue weighted by Crippen LogP contribution is -2.17. The van der Waals surface area contributed by atoms with Gasteiger partial charge in [0.25, 0.3) is 0 Å². The fourth-order valence-electron chi connectivity index (χ4n) is 2.28. The number of aromatic amines is 1. The van der Waals surface area contributed by atoms with Crippen LogP contribution in [0.15, 0.2) is 42.5 Å². The number of nitriles is 1. The largest absolute Gasteiger partial charge is 0.399 e. The molecule has 5 nitrogen and oxygen atoms in total. The van der Waals surface area contributed by atoms with Crippen LogP contribution in [-0.2, 0) is 6.54 Å². The molecule has 0 radical (unpaired) electrons. The summed E-state index contributed by atoms with van der Waals surface area (Å²) in [4.78, 5) is 9.80. The highest BCUT2D eigenvalue weighted by Gasteiger charge is 2.08. The lowest BCUT2D eigenvalue weighted by molar-refractivity contribution is 0.884. The molecule has 5 heteroatoms. The van der Waals surface area contributed by atoms with E-state index in [-0.39, 0.29) is 0 Å². The van der Waals surface area contributed by atoms with Crippen molar-refractivity contribution in [1.82, 2.24) is 9.97 Å². The van der Waals surface area contributed by atoms with E-state index in [1.54, 1.807) is 6.07 Å². The van der Waals surface area contributed by atoms with Crippen LogP contribution < -0.4 is 10.6 Å². The van der Waals surface area contributed by atoms with Crippen molar-refractivity contribution in [1.29, 1.82) is 5.26 Å². The van der Waals surface area contributed by atoms with Gasteiger partial charge in [-0.15, -0.1) is 0 Å². The van der Waals surface area contributed by atoms with Gasteiger partial charge in [0.05, 0.1) is 22.7 Å². The zero-order chi connectivity index (χ0) is 14.8. The summed E-state index contributed by atoms with van der Waals surface area (Å²) in [5.41, 5.74) is 10.0. The molecule has 104 valence electrons. The molecule has 21 heavy (non-hydrogen) atoms. The van der Waals surface area contributed by atoms with E-state index in [4.69, 9.17) is 11.0 Å². The quantitative estimate of drug-likeness (QED) is 0.721. The summed E-state index contributed by atoms with van der Waals surface area (Å²) in [5.74, 6) is 0.776. The summed E-state index contributed by atoms with van der Waals surface area (Å²) in [7, 11) is 1.96. The lowest BCUT2D eigenvalue weighted by Gasteiger charge is -2.15. The van der Waals surface area contributed by atoms with Gasteiger partial charge in [-0.05, 0) is 35.9 Å². The van der Waals surface area contributed by atoms with Gasteiger partial charge in [0.1, 0.15) is 0 Å². The standard InChI is InChI=1S/C16H15N5/c1-21(10-12-4-2-3-11(7-12)9-17)16-19-14-6-5-13(18)8-15(14)20-16/h2-8H,10,18H2,1H3,(H,19,20). The van der Waals surface area contributed by atoms with E-state index in [9.17, 15) is 0 Å². The highest BCUT2D eigenvalue weighted by molar-refractivity contribution is 5.80. The molecule has 0 spiro atoms. The van der Waals surface area contributed by atoms with Gasteiger partial charge in [-0.1, -0.05) is 12.1 Å². The molecule has 0 aliphatic rings. The molecule has 0 atom stereocenters. The van der Waals surface area contributed by atoms with Crippen LogP contribution in [0.2, 0.25) is 0 Å². The minimum absolute atomic E-state index is 0.665. The molecule has 3 rings (SSSR count). The van der Waals surface area contributed by atoms with Crippen molar-refractivity contribution in [2.45, 2.75) is 6.54 Å². The molecule has 2 aromatic carbocycles. The zero-order valence-corrected chi connectivity index (χ0v) is 11.7. The molecule has 0 aliphatic carbocycles. The van der Waals surface area contributed by atoms with E-state index in [0.29, 0.717) is 17.8 Å². The number of hydrogen-bond acceptors (Lipinski definition) is 4. The summed E-state index contributed by atoms with van der Waals surface area (Å²) in [5, 5.41) is 8.94. The van der Waals surface area contributed by atoms with E-state index in [1.807, 2.05) is 48.3 Å². The van der Waals surface area contributed by atoms with Crippen LogP contribution in [0.5, 0.6) is 0 Å². The van der Waals surface area contributed by atoms with Gasteiger partial charge in [0, 0.05) is 19.3 Å². The topological polar surface area (TPSA) is 81.7 Å². The van der Waals surface area contributed by atoms with Crippen LogP contribution in [0.25, 0.3) is 11.0 Å². The molecule has 0 bridgehead atoms. The summed E-state index contributed by atoms with van der Waals surface area (Å²) >= 11 is 0. The van der Waals surface area contributed by atoms with Gasteiger partial charge in [-0.3, -0.25) is 0 Å². The SMILES string of the molecule is CN(Cc1cccc(C#N)c1)c1nc2ccc(N)cc2[nH]1. The Morgan fingerprint density at radius 2 is 2.14 bits per heavy atom. The third-order valence-corrected chi connectivity index (χ3v) is 3.33. The average molecular weight is 277 g/mol. The Kier molecular flexibility index (Phi) is 3.20. The summed E-state index contributed by atoms with van der Waals surface area (Å²) in [6.07, 6.45) is 0. The number of nitrogens with zero attached hydrogens (tertiary/aromatic N) is 3. The van der Waals surface area contributed by atoms with E-state index in [0.717, 1.165) is 22.5 Å². The minimum atomic E-state index is 0.665. The monoisotopic (exact) mass is 277 g/mol. The molecule has 0 saturated heterocycles. The average Bonchev–Trinajstić information content (AvgIpc) is 2.90. The van der Waals surface area contributed by atoms with Crippen LogP contribution in [-0.4, -0.2) is 17.0 Å². The van der Waals surface area contributed by atoms with Crippen molar-refractivity contribution < 1.29 is 0 Å². The van der Waals surface area contributed by atoms with E-state index in [1.165, 1.54) is 0 Å². The molecule has 0 saturated carbocycles. The maximum absolute atomic E-state index is 8.94. The van der Waals surface area contributed by atoms with Crippen LogP contribution in [0.3, 0.4) is 0 Å². The molecule has 0 amide bonds. The second-order valence-corrected chi connectivity index (χ2v) is 5.01. The van der Waals surface area contributed by atoms with Crippen LogP contribution >= 0.6 is 0 Å². The number of nitrogens with two attached hydrogens (primary N) is 1. The molecule has 0 aliphatic heterocycles. The van der Waals surface area contributed by atoms with Gasteiger partial charge in [-0.25, -0.2) is 4.98 Å². The molecule has 0 unspecified atom stereocenters. The number of hydrogen-bond donors (Lipinski definition) is 2. The summed E-state index contributed by atoms with van der Waals surface area (Å²) in [6, 6.07) is 15.3. The smallest absolute Gasteiger partial charge is 0.203 e. The van der Waals surface area contributed by atoms with Gasteiger partial charge in [0.15, 0.2) is 0 Å². The Hall–Kier alpha value is -3.00. The van der Waals surface area contributed by atoms with Crippen LogP contribution in [0.1, 0.15) is 11.1 Å². The van der Waals surface area contributed by atoms with Gasteiger partial charge in [-0.2, -0.15) is 5.26 Å². The molecular formula is C16H15N5. The van der Waals surface area contributed by atoms with E-state index < -0.39 is 0 Å². The Labute approximate surface area is 122 Å². The van der Waals surface area contributed by atoms with E-state index in [2.05, 4.69) is 16.0 Å². The second-order valence-electron chi connectivity index (χ2n) is 5.01. The number of rotatable bonds is 3. The Balaban J connectivity index is 1.86. The number of imidazole rings is 1. The molecule has 0 fully saturated rings. The number of aromatic nitrogens is 2. The number of anilines is 2. The van der Waals surface area contributed by atoms with E-state index >= 15 is 0 Å². The number of H-pyrrole nitrogens is 1. The zero-order valence-electron chi connectivity index (χ0n) is 11.7. The van der Waals surface area contributed by atoms with Crippen LogP contribution in [0, 0.1) is 11.3 Å². The van der Waals surface area contributed by atoms with Crippen LogP contribution in [0.4, 0.5) is 11.6 Å². The van der Waals surface area contributed by atoms with Crippen molar-refractivity contribution in [2.24, 2.45) is 0 Å². The predicted molar refractivity (Wildman–Crippen MR) is 83.8 cm³/mol. The Morgan fingerprint density at radius 1 is 1.29 bits per heavy atom. The first kappa shape index (κ1) is 13.0. The fourth-order valence-corrected chi connectivity index (χ4v) is 2.28. The highest BCUT2D eigenvalue weighted by Crippen LogP contribution is 2.20. The molecule has 3 N–H and O–H groups in total. The van der Waals surface area contributed by atoms with Crippen molar-refractivity contribution >= 4 is 22.7 Å². The van der Waals surface area contributed by atoms with Crippen molar-refractivity contribution in [3.05, 3.63) is 53.6 Å². The molecule has 1 aromatic heterocycles. The number of fused-ring (bicyclic) bond motifs is 1. The lowest BCUT2D eigenvalue weighted by atomic mass is 10.1. The first-order chi connectivity index (χ1) is 10.2. The first-order valence-electron chi connectivity index (χ1n) is 6.61. The highest BCUT2D eigenvalue weighted by atomic mass is 15.2. The van der Waals surface area contributed by atoms with Gasteiger partial charge < -0.3 is 15.6 Å². The summed E-state index contributed by atoms with van der Waals surface area (Å²) in [6.45, 7) is 0.671. The molecule has 1 heterocycles. The summed E-state index contributed by atoms with van der Waals surface area (Å²) < 4.78 is 0. The Morgan fingerprint density at radius 3 is 2.95 bits per heavy atom. The van der Waals surface area contributed by atoms with Gasteiger partial charge in [0.2, 0.25) is 5.95 Å². The maximum Gasteiger partial charge on any atom is 0.203 e. The maximum atomic E-state index is 8.94. The Bertz CT molecular complexity index is 828. The van der Waals surface area contributed by atoms with Crippen molar-refractivity contribution in [3.8, 4) is 6.07 Å². The van der Waals surface area contributed by atoms with Crippen molar-refractivity contribution in [3.63, 3.8) is 0 Å².